The zero-order valence-electron chi connectivity index (χ0n) is 14.0. The Kier molecular flexibility index (Phi) is 4.09. The van der Waals surface area contributed by atoms with Crippen molar-refractivity contribution >= 4 is 23.0 Å². The highest BCUT2D eigenvalue weighted by Gasteiger charge is 2.24. The van der Waals surface area contributed by atoms with Crippen LogP contribution in [0.1, 0.15) is 5.56 Å². The van der Waals surface area contributed by atoms with E-state index in [0.717, 1.165) is 9.96 Å². The minimum atomic E-state index is -0.753. The molecule has 3 heterocycles. The van der Waals surface area contributed by atoms with Gasteiger partial charge in [-0.05, 0) is 17.7 Å². The van der Waals surface area contributed by atoms with Crippen LogP contribution in [0.2, 0.25) is 0 Å². The fourth-order valence-corrected chi connectivity index (χ4v) is 2.74. The van der Waals surface area contributed by atoms with Crippen LogP contribution in [-0.4, -0.2) is 24.1 Å². The highest BCUT2D eigenvalue weighted by Crippen LogP contribution is 2.22. The van der Waals surface area contributed by atoms with E-state index in [1.165, 1.54) is 6.20 Å². The Balaban J connectivity index is 1.68. The normalized spacial score (nSPS) is 10.8. The zero-order chi connectivity index (χ0) is 18.8. The molecule has 1 N–H and O–H groups in total. The topological polar surface area (TPSA) is 107 Å². The lowest BCUT2D eigenvalue weighted by Crippen LogP contribution is -2.20. The summed E-state index contributed by atoms with van der Waals surface area (Å²) in [4.78, 5) is 27.3. The number of rotatable bonds is 5. The molecule has 4 rings (SSSR count). The molecule has 0 aliphatic rings. The fraction of sp³-hybridized carbons (Fsp3) is 0.0556. The Morgan fingerprint density at radius 3 is 2.59 bits per heavy atom. The second-order valence-corrected chi connectivity index (χ2v) is 5.81. The van der Waals surface area contributed by atoms with E-state index in [1.54, 1.807) is 35.1 Å². The molecule has 0 saturated heterocycles. The summed E-state index contributed by atoms with van der Waals surface area (Å²) in [5, 5.41) is 18.5. The van der Waals surface area contributed by atoms with E-state index in [1.807, 2.05) is 30.3 Å². The molecule has 0 unspecified atom stereocenters. The molecule has 0 aliphatic carbocycles. The summed E-state index contributed by atoms with van der Waals surface area (Å²) in [6, 6.07) is 16.3. The smallest absolute Gasteiger partial charge is 0.317 e. The van der Waals surface area contributed by atoms with Crippen molar-refractivity contribution in [2.45, 2.75) is 6.54 Å². The number of anilines is 2. The average Bonchev–Trinajstić information content (AvgIpc) is 3.09. The summed E-state index contributed by atoms with van der Waals surface area (Å²) in [7, 11) is 0. The molecule has 0 spiro atoms. The molecule has 9 heteroatoms. The fourth-order valence-electron chi connectivity index (χ4n) is 2.74. The number of benzene rings is 1. The first kappa shape index (κ1) is 16.5. The summed E-state index contributed by atoms with van der Waals surface area (Å²) in [6.07, 6.45) is 3.19. The van der Waals surface area contributed by atoms with Gasteiger partial charge in [-0.1, -0.05) is 36.4 Å². The maximum atomic E-state index is 12.4. The second kappa shape index (κ2) is 6.71. The monoisotopic (exact) mass is 362 g/mol. The minimum Gasteiger partial charge on any atom is -0.317 e. The standard InChI is InChI=1S/C18H14N6O3/c25-18-16(24(26)27)17(20-15-8-4-5-10-23(15)18)19-14-9-11-22(21-14)12-13-6-2-1-3-7-13/h1-11H,12H2,(H,19,21). The third-order valence-electron chi connectivity index (χ3n) is 3.97. The van der Waals surface area contributed by atoms with E-state index in [0.29, 0.717) is 18.0 Å². The molecule has 134 valence electrons. The molecule has 0 amide bonds. The van der Waals surface area contributed by atoms with Crippen molar-refractivity contribution in [3.05, 3.63) is 93.0 Å². The second-order valence-electron chi connectivity index (χ2n) is 5.81. The molecule has 3 aromatic heterocycles. The van der Waals surface area contributed by atoms with Crippen LogP contribution in [0.15, 0.2) is 71.8 Å². The molecule has 4 aromatic rings. The van der Waals surface area contributed by atoms with Gasteiger partial charge in [-0.3, -0.25) is 24.0 Å². The molecule has 0 fully saturated rings. The van der Waals surface area contributed by atoms with E-state index in [2.05, 4.69) is 15.4 Å². The van der Waals surface area contributed by atoms with Crippen LogP contribution >= 0.6 is 0 Å². The molecular formula is C18H14N6O3. The van der Waals surface area contributed by atoms with Gasteiger partial charge in [0.2, 0.25) is 5.82 Å². The summed E-state index contributed by atoms with van der Waals surface area (Å²) in [5.74, 6) is 0.224. The van der Waals surface area contributed by atoms with Crippen molar-refractivity contribution in [1.82, 2.24) is 19.2 Å². The quantitative estimate of drug-likeness (QED) is 0.432. The van der Waals surface area contributed by atoms with E-state index < -0.39 is 16.2 Å². The van der Waals surface area contributed by atoms with Crippen LogP contribution < -0.4 is 10.9 Å². The zero-order valence-corrected chi connectivity index (χ0v) is 14.0. The number of hydrogen-bond acceptors (Lipinski definition) is 6. The van der Waals surface area contributed by atoms with Gasteiger partial charge in [-0.2, -0.15) is 5.10 Å². The van der Waals surface area contributed by atoms with Gasteiger partial charge in [-0.15, -0.1) is 0 Å². The van der Waals surface area contributed by atoms with Gasteiger partial charge in [0, 0.05) is 18.5 Å². The molecular weight excluding hydrogens is 348 g/mol. The van der Waals surface area contributed by atoms with Crippen molar-refractivity contribution in [3.63, 3.8) is 0 Å². The van der Waals surface area contributed by atoms with Gasteiger partial charge in [0.05, 0.1) is 11.5 Å². The molecule has 0 bridgehead atoms. The van der Waals surface area contributed by atoms with E-state index in [4.69, 9.17) is 0 Å². The maximum absolute atomic E-state index is 12.4. The van der Waals surface area contributed by atoms with Gasteiger partial charge in [-0.25, -0.2) is 4.98 Å². The van der Waals surface area contributed by atoms with Crippen LogP contribution in [0.5, 0.6) is 0 Å². The molecule has 0 saturated carbocycles. The molecule has 0 radical (unpaired) electrons. The number of hydrogen-bond donors (Lipinski definition) is 1. The lowest BCUT2D eigenvalue weighted by atomic mass is 10.2. The third-order valence-corrected chi connectivity index (χ3v) is 3.97. The number of fused-ring (bicyclic) bond motifs is 1. The van der Waals surface area contributed by atoms with Gasteiger partial charge in [0.15, 0.2) is 5.82 Å². The summed E-state index contributed by atoms with van der Waals surface area (Å²) in [6.45, 7) is 0.554. The first-order valence-electron chi connectivity index (χ1n) is 8.12. The lowest BCUT2D eigenvalue weighted by molar-refractivity contribution is -0.385. The van der Waals surface area contributed by atoms with Gasteiger partial charge in [0.1, 0.15) is 5.65 Å². The third kappa shape index (κ3) is 3.25. The van der Waals surface area contributed by atoms with Crippen molar-refractivity contribution in [3.8, 4) is 0 Å². The summed E-state index contributed by atoms with van der Waals surface area (Å²) in [5.41, 5.74) is -0.00680. The molecule has 1 aromatic carbocycles. The van der Waals surface area contributed by atoms with E-state index >= 15 is 0 Å². The largest absolute Gasteiger partial charge is 0.376 e. The lowest BCUT2D eigenvalue weighted by Gasteiger charge is -2.06. The highest BCUT2D eigenvalue weighted by molar-refractivity contribution is 5.65. The van der Waals surface area contributed by atoms with Crippen molar-refractivity contribution in [2.75, 3.05) is 5.32 Å². The Morgan fingerprint density at radius 1 is 1.04 bits per heavy atom. The molecule has 9 nitrogen and oxygen atoms in total. The van der Waals surface area contributed by atoms with E-state index in [9.17, 15) is 14.9 Å². The highest BCUT2D eigenvalue weighted by atomic mass is 16.6. The van der Waals surface area contributed by atoms with Crippen molar-refractivity contribution in [1.29, 1.82) is 0 Å². The first-order valence-corrected chi connectivity index (χ1v) is 8.12. The van der Waals surface area contributed by atoms with Gasteiger partial charge >= 0.3 is 11.2 Å². The van der Waals surface area contributed by atoms with E-state index in [-0.39, 0.29) is 5.82 Å². The van der Waals surface area contributed by atoms with Crippen molar-refractivity contribution < 1.29 is 4.92 Å². The van der Waals surface area contributed by atoms with Crippen LogP contribution in [0.25, 0.3) is 5.65 Å². The van der Waals surface area contributed by atoms with Crippen LogP contribution in [-0.2, 0) is 6.54 Å². The van der Waals surface area contributed by atoms with Gasteiger partial charge < -0.3 is 5.32 Å². The Morgan fingerprint density at radius 2 is 1.81 bits per heavy atom. The van der Waals surface area contributed by atoms with Crippen LogP contribution in [0.3, 0.4) is 0 Å². The summed E-state index contributed by atoms with van der Waals surface area (Å²) >= 11 is 0. The molecule has 0 atom stereocenters. The predicted octanol–water partition coefficient (Wildman–Crippen LogP) is 2.59. The molecule has 0 aliphatic heterocycles. The number of pyridine rings is 1. The summed E-state index contributed by atoms with van der Waals surface area (Å²) < 4.78 is 2.83. The maximum Gasteiger partial charge on any atom is 0.376 e. The SMILES string of the molecule is O=c1c([N+](=O)[O-])c(Nc2ccn(Cc3ccccc3)n2)nc2ccccn12. The van der Waals surface area contributed by atoms with Crippen LogP contribution in [0.4, 0.5) is 17.3 Å². The van der Waals surface area contributed by atoms with Crippen LogP contribution in [0, 0.1) is 10.1 Å². The predicted molar refractivity (Wildman–Crippen MR) is 99.2 cm³/mol. The Bertz CT molecular complexity index is 1180. The number of nitro groups is 1. The average molecular weight is 362 g/mol. The van der Waals surface area contributed by atoms with Gasteiger partial charge in [0.25, 0.3) is 0 Å². The Hall–Kier alpha value is -4.01. The number of nitrogens with one attached hydrogen (secondary N) is 1. The minimum absolute atomic E-state index is 0.138. The van der Waals surface area contributed by atoms with Crippen molar-refractivity contribution in [2.24, 2.45) is 0 Å². The Labute approximate surface area is 152 Å². The number of aromatic nitrogens is 4. The molecule has 27 heavy (non-hydrogen) atoms. The first-order chi connectivity index (χ1) is 13.1. The number of nitrogens with zero attached hydrogens (tertiary/aromatic N) is 5.